The first-order chi connectivity index (χ1) is 11.4. The Morgan fingerprint density at radius 3 is 2.40 bits per heavy atom. The van der Waals surface area contributed by atoms with E-state index in [2.05, 4.69) is 11.3 Å². The van der Waals surface area contributed by atoms with Gasteiger partial charge in [-0.05, 0) is 24.6 Å². The Morgan fingerprint density at radius 2 is 1.96 bits per heavy atom. The molecule has 0 aromatic heterocycles. The van der Waals surface area contributed by atoms with Gasteiger partial charge in [0.05, 0.1) is 18.7 Å². The van der Waals surface area contributed by atoms with Gasteiger partial charge in [-0.2, -0.15) is 13.2 Å². The van der Waals surface area contributed by atoms with Crippen LogP contribution in [-0.4, -0.2) is 36.6 Å². The number of methoxy groups -OCH3 is 1. The number of benzene rings is 1. The van der Waals surface area contributed by atoms with Crippen LogP contribution in [0, 0.1) is 11.7 Å². The van der Waals surface area contributed by atoms with E-state index in [4.69, 9.17) is 16.3 Å². The molecule has 1 N–H and O–H groups in total. The first-order valence-corrected chi connectivity index (χ1v) is 7.48. The maximum atomic E-state index is 14.0. The second kappa shape index (κ2) is 7.61. The van der Waals surface area contributed by atoms with Gasteiger partial charge < -0.3 is 14.6 Å². The van der Waals surface area contributed by atoms with Gasteiger partial charge in [0.1, 0.15) is 0 Å². The Balaban J connectivity index is 3.45. The van der Waals surface area contributed by atoms with Crippen LogP contribution in [0.4, 0.5) is 17.6 Å². The molecule has 0 saturated heterocycles. The van der Waals surface area contributed by atoms with Crippen molar-refractivity contribution in [3.63, 3.8) is 0 Å². The van der Waals surface area contributed by atoms with Gasteiger partial charge in [-0.1, -0.05) is 25.1 Å². The van der Waals surface area contributed by atoms with E-state index >= 15 is 0 Å². The van der Waals surface area contributed by atoms with Crippen LogP contribution >= 0.6 is 11.6 Å². The van der Waals surface area contributed by atoms with Crippen LogP contribution in [0.1, 0.15) is 19.4 Å². The molecule has 0 fully saturated rings. The third kappa shape index (κ3) is 3.74. The molecule has 9 heteroatoms. The predicted molar refractivity (Wildman–Crippen MR) is 83.8 cm³/mol. The largest absolute Gasteiger partial charge is 0.493 e. The second-order valence-corrected chi connectivity index (χ2v) is 5.58. The van der Waals surface area contributed by atoms with Gasteiger partial charge in [-0.25, -0.2) is 9.18 Å². The third-order valence-electron chi connectivity index (χ3n) is 3.77. The average Bonchev–Trinajstić information content (AvgIpc) is 2.54. The lowest BCUT2D eigenvalue weighted by Gasteiger charge is -2.34. The Kier molecular flexibility index (Phi) is 6.47. The van der Waals surface area contributed by atoms with E-state index in [1.807, 2.05) is 0 Å². The summed E-state index contributed by atoms with van der Waals surface area (Å²) >= 11 is 5.61. The summed E-state index contributed by atoms with van der Waals surface area (Å²) in [5.41, 5.74) is -4.40. The summed E-state index contributed by atoms with van der Waals surface area (Å²) in [5.74, 6) is -5.20. The minimum atomic E-state index is -5.35. The van der Waals surface area contributed by atoms with Crippen LogP contribution in [0.3, 0.4) is 0 Å². The highest BCUT2D eigenvalue weighted by Crippen LogP contribution is 2.45. The fraction of sp³-hybridized carbons (Fsp3) is 0.438. The van der Waals surface area contributed by atoms with Crippen molar-refractivity contribution in [2.75, 3.05) is 13.7 Å². The number of esters is 1. The number of alkyl halides is 3. The zero-order valence-electron chi connectivity index (χ0n) is 13.7. The molecule has 1 aromatic rings. The highest BCUT2D eigenvalue weighted by atomic mass is 35.5. The molecule has 0 amide bonds. The third-order valence-corrected chi connectivity index (χ3v) is 4.06. The van der Waals surface area contributed by atoms with Crippen molar-refractivity contribution in [1.82, 2.24) is 0 Å². The van der Waals surface area contributed by atoms with E-state index in [9.17, 15) is 27.5 Å². The van der Waals surface area contributed by atoms with Gasteiger partial charge in [0.15, 0.2) is 11.6 Å². The second-order valence-electron chi connectivity index (χ2n) is 5.17. The van der Waals surface area contributed by atoms with E-state index in [1.165, 1.54) is 13.0 Å². The van der Waals surface area contributed by atoms with Gasteiger partial charge in [0.2, 0.25) is 0 Å². The molecule has 0 aliphatic rings. The van der Waals surface area contributed by atoms with E-state index in [-0.39, 0.29) is 22.8 Å². The molecule has 25 heavy (non-hydrogen) atoms. The number of hydrogen-bond donors (Lipinski definition) is 1. The summed E-state index contributed by atoms with van der Waals surface area (Å²) in [6.45, 7) is 5.33. The minimum Gasteiger partial charge on any atom is -0.493 e. The van der Waals surface area contributed by atoms with Gasteiger partial charge >= 0.3 is 12.1 Å². The molecule has 1 rings (SSSR count). The molecule has 4 nitrogen and oxygen atoms in total. The molecule has 0 heterocycles. The Morgan fingerprint density at radius 1 is 1.40 bits per heavy atom. The molecule has 0 spiro atoms. The van der Waals surface area contributed by atoms with Crippen LogP contribution in [0.5, 0.6) is 5.75 Å². The normalized spacial score (nSPS) is 15.2. The van der Waals surface area contributed by atoms with E-state index < -0.39 is 35.2 Å². The smallest absolute Gasteiger partial charge is 0.428 e. The van der Waals surface area contributed by atoms with Crippen molar-refractivity contribution in [2.45, 2.75) is 25.6 Å². The van der Waals surface area contributed by atoms with E-state index in [1.54, 1.807) is 0 Å². The Bertz CT molecular complexity index is 675. The lowest BCUT2D eigenvalue weighted by Crippen LogP contribution is -2.57. The SMILES string of the molecule is C=C(c1ccc(Cl)c(F)c1OC)C(C)C(O)(C(=O)OCC)C(F)(F)F. The maximum absolute atomic E-state index is 14.0. The number of hydrogen-bond acceptors (Lipinski definition) is 4. The lowest BCUT2D eigenvalue weighted by atomic mass is 9.80. The van der Waals surface area contributed by atoms with Crippen molar-refractivity contribution >= 4 is 23.1 Å². The molecule has 0 aliphatic heterocycles. The van der Waals surface area contributed by atoms with Crippen molar-refractivity contribution in [3.05, 3.63) is 35.1 Å². The topological polar surface area (TPSA) is 55.8 Å². The highest BCUT2D eigenvalue weighted by Gasteiger charge is 2.64. The predicted octanol–water partition coefficient (Wildman–Crippen LogP) is 3.99. The molecule has 0 aliphatic carbocycles. The Labute approximate surface area is 147 Å². The molecule has 0 bridgehead atoms. The van der Waals surface area contributed by atoms with Gasteiger partial charge in [-0.15, -0.1) is 0 Å². The van der Waals surface area contributed by atoms with Crippen LogP contribution < -0.4 is 4.74 Å². The summed E-state index contributed by atoms with van der Waals surface area (Å²) in [4.78, 5) is 11.8. The van der Waals surface area contributed by atoms with Crippen molar-refractivity contribution < 1.29 is 36.9 Å². The van der Waals surface area contributed by atoms with E-state index in [0.717, 1.165) is 20.1 Å². The summed E-state index contributed by atoms with van der Waals surface area (Å²) in [7, 11) is 1.09. The quantitative estimate of drug-likeness (QED) is 0.595. The standard InChI is InChI=1S/C16H17ClF4O4/c1-5-25-14(22)15(23,16(19,20)21)9(3)8(2)10-6-7-11(17)12(18)13(10)24-4/h6-7,9,23H,2,5H2,1,3-4H3. The monoisotopic (exact) mass is 384 g/mol. The van der Waals surface area contributed by atoms with Gasteiger partial charge in [-0.3, -0.25) is 0 Å². The zero-order chi connectivity index (χ0) is 19.6. The number of halogens is 5. The summed E-state index contributed by atoms with van der Waals surface area (Å²) in [6.07, 6.45) is -5.35. The minimum absolute atomic E-state index is 0.163. The van der Waals surface area contributed by atoms with E-state index in [0.29, 0.717) is 0 Å². The fourth-order valence-electron chi connectivity index (χ4n) is 2.25. The molecule has 1 aromatic carbocycles. The number of aliphatic hydroxyl groups is 1. The molecule has 2 atom stereocenters. The van der Waals surface area contributed by atoms with Crippen LogP contribution in [0.15, 0.2) is 18.7 Å². The van der Waals surface area contributed by atoms with Crippen LogP contribution in [0.25, 0.3) is 5.57 Å². The van der Waals surface area contributed by atoms with Crippen molar-refractivity contribution in [1.29, 1.82) is 0 Å². The average molecular weight is 385 g/mol. The molecule has 0 radical (unpaired) electrons. The zero-order valence-corrected chi connectivity index (χ0v) is 14.5. The van der Waals surface area contributed by atoms with Crippen LogP contribution in [0.2, 0.25) is 5.02 Å². The van der Waals surface area contributed by atoms with Gasteiger partial charge in [0, 0.05) is 11.5 Å². The number of carbonyl (C=O) groups excluding carboxylic acids is 1. The number of carbonyl (C=O) groups is 1. The highest BCUT2D eigenvalue weighted by molar-refractivity contribution is 6.31. The molecule has 0 saturated carbocycles. The van der Waals surface area contributed by atoms with Crippen molar-refractivity contribution in [3.8, 4) is 5.75 Å². The maximum Gasteiger partial charge on any atom is 0.428 e. The number of rotatable bonds is 6. The summed E-state index contributed by atoms with van der Waals surface area (Å²) < 4.78 is 63.5. The fourth-order valence-corrected chi connectivity index (χ4v) is 2.40. The summed E-state index contributed by atoms with van der Waals surface area (Å²) in [6, 6.07) is 2.29. The first-order valence-electron chi connectivity index (χ1n) is 7.10. The van der Waals surface area contributed by atoms with Crippen LogP contribution in [-0.2, 0) is 9.53 Å². The molecular weight excluding hydrogens is 368 g/mol. The molecule has 140 valence electrons. The summed E-state index contributed by atoms with van der Waals surface area (Å²) in [5, 5.41) is 9.81. The molecule has 2 unspecified atom stereocenters. The lowest BCUT2D eigenvalue weighted by molar-refractivity contribution is -0.271. The Hall–Kier alpha value is -1.80. The number of ether oxygens (including phenoxy) is 2. The van der Waals surface area contributed by atoms with Gasteiger partial charge in [0.25, 0.3) is 5.60 Å². The van der Waals surface area contributed by atoms with Crippen molar-refractivity contribution in [2.24, 2.45) is 5.92 Å². The first kappa shape index (κ1) is 21.2. The molecular formula is C16H17ClF4O4.